The molecule has 0 saturated heterocycles. The number of nitrogens with zero attached hydrogens (tertiary/aromatic N) is 1. The fraction of sp³-hybridized carbons (Fsp3) is 0.533. The van der Waals surface area contributed by atoms with Crippen LogP contribution in [0.4, 0.5) is 0 Å². The van der Waals surface area contributed by atoms with Gasteiger partial charge in [-0.1, -0.05) is 32.4 Å². The molecular weight excluding hydrogens is 326 g/mol. The van der Waals surface area contributed by atoms with Gasteiger partial charge in [0.2, 0.25) is 5.89 Å². The molecule has 0 spiro atoms. The molecule has 122 valence electrons. The molecule has 0 aliphatic heterocycles. The number of aromatic nitrogens is 1. The van der Waals surface area contributed by atoms with E-state index in [1.807, 2.05) is 20.8 Å². The van der Waals surface area contributed by atoms with Crippen LogP contribution in [0.5, 0.6) is 0 Å². The van der Waals surface area contributed by atoms with Crippen molar-refractivity contribution in [2.75, 3.05) is 13.7 Å². The van der Waals surface area contributed by atoms with Gasteiger partial charge in [0.1, 0.15) is 10.4 Å². The Labute approximate surface area is 135 Å². The Balaban J connectivity index is 2.73. The maximum Gasteiger partial charge on any atom is 0.200 e. The number of methoxy groups -OCH3 is 1. The number of hydrogen-bond acceptors (Lipinski definition) is 5. The lowest BCUT2D eigenvalue weighted by molar-refractivity contribution is 0.200. The monoisotopic (exact) mass is 345 g/mol. The predicted molar refractivity (Wildman–Crippen MR) is 86.2 cm³/mol. The Morgan fingerprint density at radius 1 is 1.36 bits per heavy atom. The lowest BCUT2D eigenvalue weighted by atomic mass is 9.97. The summed E-state index contributed by atoms with van der Waals surface area (Å²) in [4.78, 5) is 4.37. The molecule has 7 heteroatoms. The van der Waals surface area contributed by atoms with E-state index in [-0.39, 0.29) is 27.5 Å². The van der Waals surface area contributed by atoms with E-state index in [4.69, 9.17) is 20.8 Å². The number of fused-ring (bicyclic) bond motifs is 1. The smallest absolute Gasteiger partial charge is 0.200 e. The average molecular weight is 346 g/mol. The van der Waals surface area contributed by atoms with Gasteiger partial charge in [-0.2, -0.15) is 0 Å². The van der Waals surface area contributed by atoms with Gasteiger partial charge in [-0.05, 0) is 19.1 Å². The van der Waals surface area contributed by atoms with E-state index in [9.17, 15) is 8.42 Å². The van der Waals surface area contributed by atoms with E-state index in [1.54, 1.807) is 13.0 Å². The first kappa shape index (κ1) is 17.2. The minimum atomic E-state index is -3.68. The largest absolute Gasteiger partial charge is 0.439 e. The van der Waals surface area contributed by atoms with Gasteiger partial charge in [0.25, 0.3) is 0 Å². The molecule has 0 N–H and O–H groups in total. The molecule has 1 aromatic heterocycles. The summed E-state index contributed by atoms with van der Waals surface area (Å²) in [7, 11) is -2.22. The van der Waals surface area contributed by atoms with Crippen molar-refractivity contribution < 1.29 is 17.6 Å². The summed E-state index contributed by atoms with van der Waals surface area (Å²) in [5, 5.41) is -0.601. The highest BCUT2D eigenvalue weighted by Crippen LogP contribution is 2.35. The zero-order valence-electron chi connectivity index (χ0n) is 13.3. The van der Waals surface area contributed by atoms with Crippen molar-refractivity contribution in [2.24, 2.45) is 0 Å². The second-order valence-electron chi connectivity index (χ2n) is 6.30. The van der Waals surface area contributed by atoms with E-state index in [2.05, 4.69) is 4.98 Å². The molecular formula is C15H20ClNO4S. The van der Waals surface area contributed by atoms with E-state index in [0.717, 1.165) is 0 Å². The fourth-order valence-corrected chi connectivity index (χ4v) is 3.99. The van der Waals surface area contributed by atoms with E-state index in [1.165, 1.54) is 13.2 Å². The van der Waals surface area contributed by atoms with Crippen LogP contribution < -0.4 is 0 Å². The molecule has 2 aromatic rings. The Hall–Kier alpha value is -1.11. The second-order valence-corrected chi connectivity index (χ2v) is 9.01. The standard InChI is InChI=1S/C15H20ClNO4S/c1-9(8-20-5)22(18,19)13-10(16)6-7-11-12(13)21-14(17-11)15(2,3)4/h6-7,9H,8H2,1-5H3/t9-/m1/s1. The maximum atomic E-state index is 12.8. The number of ether oxygens (including phenoxy) is 1. The first-order valence-corrected chi connectivity index (χ1v) is 8.84. The van der Waals surface area contributed by atoms with Crippen LogP contribution in [0.1, 0.15) is 33.6 Å². The molecule has 22 heavy (non-hydrogen) atoms. The van der Waals surface area contributed by atoms with Gasteiger partial charge < -0.3 is 9.15 Å². The van der Waals surface area contributed by atoms with Crippen molar-refractivity contribution in [2.45, 2.75) is 43.3 Å². The zero-order chi connectivity index (χ0) is 16.7. The van der Waals surface area contributed by atoms with Crippen molar-refractivity contribution >= 4 is 32.5 Å². The first-order chi connectivity index (χ1) is 10.1. The number of benzene rings is 1. The highest BCUT2D eigenvalue weighted by molar-refractivity contribution is 7.92. The summed E-state index contributed by atoms with van der Waals surface area (Å²) < 4.78 is 36.2. The van der Waals surface area contributed by atoms with Gasteiger partial charge in [-0.3, -0.25) is 0 Å². The lowest BCUT2D eigenvalue weighted by Gasteiger charge is -2.14. The quantitative estimate of drug-likeness (QED) is 0.847. The molecule has 0 aliphatic carbocycles. The molecule has 0 unspecified atom stereocenters. The van der Waals surface area contributed by atoms with Crippen LogP contribution in [-0.4, -0.2) is 32.4 Å². The molecule has 0 bridgehead atoms. The van der Waals surface area contributed by atoms with Gasteiger partial charge in [-0.25, -0.2) is 13.4 Å². The summed E-state index contributed by atoms with van der Waals surface area (Å²) in [6, 6.07) is 3.20. The van der Waals surface area contributed by atoms with Crippen molar-refractivity contribution in [3.63, 3.8) is 0 Å². The molecule has 0 amide bonds. The number of rotatable bonds is 4. The lowest BCUT2D eigenvalue weighted by Crippen LogP contribution is -2.23. The van der Waals surface area contributed by atoms with Crippen LogP contribution >= 0.6 is 11.6 Å². The molecule has 1 aromatic carbocycles. The van der Waals surface area contributed by atoms with E-state index in [0.29, 0.717) is 11.4 Å². The molecule has 0 aliphatic rings. The van der Waals surface area contributed by atoms with Crippen LogP contribution in [0.2, 0.25) is 5.02 Å². The van der Waals surface area contributed by atoms with Crippen molar-refractivity contribution in [3.05, 3.63) is 23.0 Å². The summed E-state index contributed by atoms with van der Waals surface area (Å²) in [6.45, 7) is 7.49. The van der Waals surface area contributed by atoms with Crippen LogP contribution in [0.25, 0.3) is 11.1 Å². The predicted octanol–water partition coefficient (Wildman–Crippen LogP) is 3.59. The molecule has 1 atom stereocenters. The molecule has 5 nitrogen and oxygen atoms in total. The second kappa shape index (κ2) is 5.83. The third-order valence-electron chi connectivity index (χ3n) is 3.32. The summed E-state index contributed by atoms with van der Waals surface area (Å²) >= 11 is 6.15. The molecule has 0 saturated carbocycles. The number of halogens is 1. The summed E-state index contributed by atoms with van der Waals surface area (Å²) in [6.07, 6.45) is 0. The zero-order valence-corrected chi connectivity index (χ0v) is 14.9. The SMILES string of the molecule is COC[C@@H](C)S(=O)(=O)c1c(Cl)ccc2nc(C(C)(C)C)oc12. The molecule has 1 heterocycles. The van der Waals surface area contributed by atoms with E-state index < -0.39 is 15.1 Å². The van der Waals surface area contributed by atoms with Crippen molar-refractivity contribution in [1.29, 1.82) is 0 Å². The summed E-state index contributed by atoms with van der Waals surface area (Å²) in [5.41, 5.74) is 0.364. The Morgan fingerprint density at radius 2 is 2.00 bits per heavy atom. The van der Waals surface area contributed by atoms with Crippen LogP contribution in [-0.2, 0) is 20.0 Å². The average Bonchev–Trinajstić information content (AvgIpc) is 2.82. The van der Waals surface area contributed by atoms with Gasteiger partial charge in [0, 0.05) is 12.5 Å². The number of sulfone groups is 1. The molecule has 2 rings (SSSR count). The van der Waals surface area contributed by atoms with Crippen LogP contribution in [0.15, 0.2) is 21.4 Å². The normalized spacial score (nSPS) is 14.5. The van der Waals surface area contributed by atoms with Gasteiger partial charge in [0.05, 0.1) is 16.9 Å². The number of oxazole rings is 1. The minimum absolute atomic E-state index is 0.0146. The van der Waals surface area contributed by atoms with E-state index >= 15 is 0 Å². The van der Waals surface area contributed by atoms with Crippen LogP contribution in [0, 0.1) is 0 Å². The minimum Gasteiger partial charge on any atom is -0.439 e. The van der Waals surface area contributed by atoms with Crippen molar-refractivity contribution in [3.8, 4) is 0 Å². The Bertz CT molecular complexity index is 790. The van der Waals surface area contributed by atoms with Gasteiger partial charge in [-0.15, -0.1) is 0 Å². The first-order valence-electron chi connectivity index (χ1n) is 6.91. The highest BCUT2D eigenvalue weighted by atomic mass is 35.5. The number of hydrogen-bond donors (Lipinski definition) is 0. The third-order valence-corrected chi connectivity index (χ3v) is 5.92. The summed E-state index contributed by atoms with van der Waals surface area (Å²) in [5.74, 6) is 0.473. The fourth-order valence-electron chi connectivity index (χ4n) is 2.06. The van der Waals surface area contributed by atoms with Crippen LogP contribution in [0.3, 0.4) is 0 Å². The van der Waals surface area contributed by atoms with Gasteiger partial charge in [0.15, 0.2) is 15.4 Å². The maximum absolute atomic E-state index is 12.8. The molecule has 0 fully saturated rings. The van der Waals surface area contributed by atoms with Crippen molar-refractivity contribution in [1.82, 2.24) is 4.98 Å². The third kappa shape index (κ3) is 3.00. The highest BCUT2D eigenvalue weighted by Gasteiger charge is 2.31. The Morgan fingerprint density at radius 3 is 2.55 bits per heavy atom. The topological polar surface area (TPSA) is 69.4 Å². The van der Waals surface area contributed by atoms with Gasteiger partial charge >= 0.3 is 0 Å². The Kier molecular flexibility index (Phi) is 4.57. The molecule has 0 radical (unpaired) electrons.